The number of phenols is 1. The predicted octanol–water partition coefficient (Wildman–Crippen LogP) is -0.205. The first-order valence-electron chi connectivity index (χ1n) is 9.57. The lowest BCUT2D eigenvalue weighted by atomic mass is 9.59. The number of carbonyl (C=O) groups excluding carboxylic acids is 3. The molecule has 1 fully saturated rings. The minimum absolute atomic E-state index is 0.000638. The second kappa shape index (κ2) is 6.81. The van der Waals surface area contributed by atoms with Crippen molar-refractivity contribution in [3.63, 3.8) is 0 Å². The first kappa shape index (κ1) is 21.8. The summed E-state index contributed by atoms with van der Waals surface area (Å²) in [7, 11) is -3.70. The zero-order valence-corrected chi connectivity index (χ0v) is 17.6. The van der Waals surface area contributed by atoms with Crippen molar-refractivity contribution in [1.29, 1.82) is 0 Å². The second-order valence-electron chi connectivity index (χ2n) is 8.27. The molecule has 12 heteroatoms. The van der Waals surface area contributed by atoms with E-state index in [0.717, 1.165) is 12.3 Å². The van der Waals surface area contributed by atoms with Gasteiger partial charge in [0.2, 0.25) is 15.8 Å². The highest BCUT2D eigenvalue weighted by Gasteiger charge is 2.60. The number of benzene rings is 1. The Morgan fingerprint density at radius 2 is 1.84 bits per heavy atom. The molecule has 0 radical (unpaired) electrons. The fourth-order valence-electron chi connectivity index (χ4n) is 4.92. The van der Waals surface area contributed by atoms with E-state index in [-0.39, 0.29) is 35.2 Å². The number of nitrogens with two attached hydrogens (primary N) is 1. The van der Waals surface area contributed by atoms with E-state index in [2.05, 4.69) is 4.72 Å². The average molecular weight is 464 g/mol. The molecule has 3 aliphatic carbocycles. The largest absolute Gasteiger partial charge is 0.508 e. The quantitative estimate of drug-likeness (QED) is 0.258. The van der Waals surface area contributed by atoms with E-state index in [1.165, 1.54) is 6.07 Å². The molecule has 3 atom stereocenters. The van der Waals surface area contributed by atoms with Gasteiger partial charge in [0.15, 0.2) is 11.4 Å². The summed E-state index contributed by atoms with van der Waals surface area (Å²) in [6, 6.07) is 2.45. The summed E-state index contributed by atoms with van der Waals surface area (Å²) in [5.74, 6) is -7.36. The van der Waals surface area contributed by atoms with Gasteiger partial charge in [0.25, 0.3) is 5.91 Å². The van der Waals surface area contributed by atoms with Crippen LogP contribution in [0.2, 0.25) is 0 Å². The van der Waals surface area contributed by atoms with E-state index >= 15 is 0 Å². The summed E-state index contributed by atoms with van der Waals surface area (Å²) in [5, 5.41) is 42.8. The molecule has 0 saturated heterocycles. The number of aliphatic hydroxyl groups excluding tert-OH is 2. The van der Waals surface area contributed by atoms with Crippen molar-refractivity contribution in [2.45, 2.75) is 24.9 Å². The standard InChI is InChI=1S/C20H20N2O9S/c1-32(30,31)22-10-2-3-11(23)14-9(10)5-7-4-8-6-12(24)15(19(21)28)18(27)20(8,29)17(26)13(7)16(14)25/h2-3,7-8,22-23,25,27,29H,4-6H2,1H3,(H2,21,28). The molecule has 0 spiro atoms. The lowest BCUT2D eigenvalue weighted by Crippen LogP contribution is -2.58. The number of hydrogen-bond donors (Lipinski definition) is 6. The molecule has 7 N–H and O–H groups in total. The van der Waals surface area contributed by atoms with Crippen LogP contribution < -0.4 is 10.5 Å². The van der Waals surface area contributed by atoms with Gasteiger partial charge in [-0.1, -0.05) is 0 Å². The first-order chi connectivity index (χ1) is 14.8. The third kappa shape index (κ3) is 2.98. The highest BCUT2D eigenvalue weighted by molar-refractivity contribution is 7.92. The molecule has 170 valence electrons. The van der Waals surface area contributed by atoms with Crippen LogP contribution in [-0.4, -0.2) is 58.2 Å². The summed E-state index contributed by atoms with van der Waals surface area (Å²) >= 11 is 0. The molecule has 0 aliphatic heterocycles. The molecule has 1 saturated carbocycles. The number of aromatic hydroxyl groups is 1. The Bertz CT molecular complexity index is 1280. The third-order valence-corrected chi connectivity index (χ3v) is 6.83. The smallest absolute Gasteiger partial charge is 0.255 e. The molecule has 0 aromatic heterocycles. The van der Waals surface area contributed by atoms with Gasteiger partial charge in [-0.25, -0.2) is 8.42 Å². The average Bonchev–Trinajstić information content (AvgIpc) is 2.65. The fourth-order valence-corrected chi connectivity index (χ4v) is 5.51. The Morgan fingerprint density at radius 3 is 2.44 bits per heavy atom. The summed E-state index contributed by atoms with van der Waals surface area (Å²) in [6.45, 7) is 0. The Morgan fingerprint density at radius 1 is 1.19 bits per heavy atom. The summed E-state index contributed by atoms with van der Waals surface area (Å²) < 4.78 is 25.8. The lowest BCUT2D eigenvalue weighted by molar-refractivity contribution is -0.147. The van der Waals surface area contributed by atoms with Crippen molar-refractivity contribution in [1.82, 2.24) is 0 Å². The van der Waals surface area contributed by atoms with Crippen molar-refractivity contribution in [3.8, 4) is 5.75 Å². The zero-order valence-electron chi connectivity index (χ0n) is 16.7. The van der Waals surface area contributed by atoms with Crippen LogP contribution in [0.1, 0.15) is 24.0 Å². The molecule has 3 unspecified atom stereocenters. The second-order valence-corrected chi connectivity index (χ2v) is 10.0. The molecular weight excluding hydrogens is 444 g/mol. The van der Waals surface area contributed by atoms with E-state index in [1.807, 2.05) is 0 Å². The molecule has 11 nitrogen and oxygen atoms in total. The fraction of sp³-hybridized carbons (Fsp3) is 0.350. The molecule has 4 rings (SSSR count). The Kier molecular flexibility index (Phi) is 4.65. The maximum absolute atomic E-state index is 13.3. The molecule has 1 amide bonds. The number of sulfonamides is 1. The van der Waals surface area contributed by atoms with E-state index in [9.17, 15) is 43.2 Å². The van der Waals surface area contributed by atoms with Crippen LogP contribution in [0.4, 0.5) is 5.69 Å². The number of anilines is 1. The van der Waals surface area contributed by atoms with Crippen LogP contribution in [0.5, 0.6) is 5.75 Å². The highest BCUT2D eigenvalue weighted by atomic mass is 32.2. The van der Waals surface area contributed by atoms with Crippen LogP contribution in [0.15, 0.2) is 29.0 Å². The van der Waals surface area contributed by atoms with Crippen molar-refractivity contribution in [2.75, 3.05) is 11.0 Å². The normalized spacial score (nSPS) is 27.6. The van der Waals surface area contributed by atoms with Gasteiger partial charge in [-0.2, -0.15) is 0 Å². The van der Waals surface area contributed by atoms with Gasteiger partial charge in [0.1, 0.15) is 22.8 Å². The Hall–Kier alpha value is -3.38. The van der Waals surface area contributed by atoms with Crippen molar-refractivity contribution in [2.24, 2.45) is 17.6 Å². The number of phenolic OH excluding ortho intramolecular Hbond substituents is 1. The van der Waals surface area contributed by atoms with Gasteiger partial charge >= 0.3 is 0 Å². The summed E-state index contributed by atoms with van der Waals surface area (Å²) in [4.78, 5) is 37.3. The Balaban J connectivity index is 1.93. The topological polar surface area (TPSA) is 204 Å². The number of ketones is 2. The van der Waals surface area contributed by atoms with Crippen LogP contribution in [0.25, 0.3) is 5.76 Å². The van der Waals surface area contributed by atoms with Gasteiger partial charge in [0, 0.05) is 17.9 Å². The van der Waals surface area contributed by atoms with Crippen LogP contribution in [0, 0.1) is 11.8 Å². The van der Waals surface area contributed by atoms with Crippen LogP contribution in [0.3, 0.4) is 0 Å². The third-order valence-electron chi connectivity index (χ3n) is 6.24. The van der Waals surface area contributed by atoms with E-state index in [1.54, 1.807) is 0 Å². The number of fused-ring (bicyclic) bond motifs is 3. The number of Topliss-reactive ketones (excluding diaryl/α,β-unsaturated/α-hetero) is 2. The predicted molar refractivity (Wildman–Crippen MR) is 110 cm³/mol. The monoisotopic (exact) mass is 464 g/mol. The summed E-state index contributed by atoms with van der Waals surface area (Å²) in [6.07, 6.45) is 0.452. The summed E-state index contributed by atoms with van der Waals surface area (Å²) in [5.41, 5.74) is 1.46. The van der Waals surface area contributed by atoms with Gasteiger partial charge in [-0.15, -0.1) is 0 Å². The molecule has 0 heterocycles. The van der Waals surface area contributed by atoms with Gasteiger partial charge in [0.05, 0.1) is 17.5 Å². The molecule has 1 aromatic carbocycles. The number of amides is 1. The first-order valence-corrected chi connectivity index (χ1v) is 11.5. The maximum atomic E-state index is 13.3. The minimum atomic E-state index is -3.70. The molecule has 32 heavy (non-hydrogen) atoms. The number of aliphatic hydroxyl groups is 3. The minimum Gasteiger partial charge on any atom is -0.508 e. The molecule has 1 aromatic rings. The van der Waals surface area contributed by atoms with E-state index in [0.29, 0.717) is 0 Å². The number of rotatable bonds is 3. The van der Waals surface area contributed by atoms with E-state index in [4.69, 9.17) is 5.73 Å². The van der Waals surface area contributed by atoms with Crippen molar-refractivity contribution >= 4 is 38.9 Å². The number of carbonyl (C=O) groups is 3. The maximum Gasteiger partial charge on any atom is 0.255 e. The van der Waals surface area contributed by atoms with Crippen LogP contribution >= 0.6 is 0 Å². The highest BCUT2D eigenvalue weighted by Crippen LogP contribution is 2.52. The van der Waals surface area contributed by atoms with Crippen molar-refractivity contribution in [3.05, 3.63) is 40.2 Å². The van der Waals surface area contributed by atoms with Gasteiger partial charge < -0.3 is 26.2 Å². The number of hydrogen-bond acceptors (Lipinski definition) is 9. The van der Waals surface area contributed by atoms with Gasteiger partial charge in [-0.05, 0) is 36.5 Å². The number of primary amides is 1. The lowest BCUT2D eigenvalue weighted by Gasteiger charge is -2.46. The SMILES string of the molecule is CS(=O)(=O)Nc1ccc(O)c2c1CC1CC3CC(=O)C(C(N)=O)=C(O)C3(O)C(=O)C1=C2O. The molecule has 0 bridgehead atoms. The number of nitrogens with one attached hydrogen (secondary N) is 1. The Labute approximate surface area is 181 Å². The van der Waals surface area contributed by atoms with Crippen LogP contribution in [-0.2, 0) is 30.8 Å². The van der Waals surface area contributed by atoms with E-state index < -0.39 is 74.2 Å². The molecule has 3 aliphatic rings. The molecular formula is C20H20N2O9S. The van der Waals surface area contributed by atoms with Gasteiger partial charge in [-0.3, -0.25) is 19.1 Å². The van der Waals surface area contributed by atoms with Crippen molar-refractivity contribution < 1.29 is 43.2 Å². The zero-order chi connectivity index (χ0) is 23.7.